The molecule has 7 heteroatoms. The van der Waals surface area contributed by atoms with E-state index in [0.29, 0.717) is 13.0 Å². The summed E-state index contributed by atoms with van der Waals surface area (Å²) in [5.74, 6) is -0.400. The minimum Gasteiger partial charge on any atom is -0.326 e. The Morgan fingerprint density at radius 1 is 1.33 bits per heavy atom. The number of nitrogens with one attached hydrogen (secondary N) is 1. The number of carbonyl (C=O) groups excluding carboxylic acids is 2. The molecule has 0 bridgehead atoms. The van der Waals surface area contributed by atoms with Gasteiger partial charge in [0.2, 0.25) is 0 Å². The summed E-state index contributed by atoms with van der Waals surface area (Å²) >= 11 is 0. The molecular formula is C14H16N2O4S. The Balaban J connectivity index is 1.99. The third kappa shape index (κ3) is 2.36. The minimum absolute atomic E-state index is 0.0110. The largest absolute Gasteiger partial charge is 0.326 e. The molecule has 6 nitrogen and oxygen atoms in total. The van der Waals surface area contributed by atoms with E-state index >= 15 is 0 Å². The summed E-state index contributed by atoms with van der Waals surface area (Å²) in [6.07, 6.45) is 1.79. The van der Waals surface area contributed by atoms with E-state index in [-0.39, 0.29) is 40.8 Å². The SMILES string of the molecule is CS(=O)(=O)c1ccccc1C(=O)N1CC(=O)C2NCCC21. The predicted octanol–water partition coefficient (Wildman–Crippen LogP) is -0.155. The first-order chi connectivity index (χ1) is 9.89. The van der Waals surface area contributed by atoms with Gasteiger partial charge in [-0.15, -0.1) is 0 Å². The molecule has 2 heterocycles. The molecule has 112 valence electrons. The van der Waals surface area contributed by atoms with E-state index in [9.17, 15) is 18.0 Å². The van der Waals surface area contributed by atoms with Crippen molar-refractivity contribution in [2.24, 2.45) is 0 Å². The number of Topliss-reactive ketones (excluding diaryl/α,β-unsaturated/α-hetero) is 1. The monoisotopic (exact) mass is 308 g/mol. The van der Waals surface area contributed by atoms with Crippen LogP contribution in [-0.4, -0.2) is 56.4 Å². The average Bonchev–Trinajstić information content (AvgIpc) is 3.01. The van der Waals surface area contributed by atoms with Crippen LogP contribution in [0.15, 0.2) is 29.2 Å². The number of benzene rings is 1. The molecule has 0 aliphatic carbocycles. The van der Waals surface area contributed by atoms with Crippen LogP contribution < -0.4 is 5.32 Å². The summed E-state index contributed by atoms with van der Waals surface area (Å²) in [6, 6.07) is 5.66. The lowest BCUT2D eigenvalue weighted by Crippen LogP contribution is -2.39. The van der Waals surface area contributed by atoms with Crippen LogP contribution in [0.1, 0.15) is 16.8 Å². The molecule has 21 heavy (non-hydrogen) atoms. The minimum atomic E-state index is -3.49. The number of nitrogens with zero attached hydrogens (tertiary/aromatic N) is 1. The highest BCUT2D eigenvalue weighted by Crippen LogP contribution is 2.26. The van der Waals surface area contributed by atoms with Crippen LogP contribution in [0.4, 0.5) is 0 Å². The van der Waals surface area contributed by atoms with E-state index in [1.807, 2.05) is 0 Å². The molecule has 1 amide bonds. The lowest BCUT2D eigenvalue weighted by Gasteiger charge is -2.23. The van der Waals surface area contributed by atoms with E-state index < -0.39 is 9.84 Å². The van der Waals surface area contributed by atoms with Crippen LogP contribution in [0.25, 0.3) is 0 Å². The maximum atomic E-state index is 12.7. The number of hydrogen-bond acceptors (Lipinski definition) is 5. The van der Waals surface area contributed by atoms with Crippen molar-refractivity contribution in [3.05, 3.63) is 29.8 Å². The van der Waals surface area contributed by atoms with Gasteiger partial charge in [-0.25, -0.2) is 8.42 Å². The molecule has 1 aromatic rings. The number of carbonyl (C=O) groups is 2. The fourth-order valence-corrected chi connectivity index (χ4v) is 3.96. The standard InChI is InChI=1S/C14H16N2O4S/c1-21(19,20)12-5-3-2-4-9(12)14(18)16-8-11(17)13-10(16)6-7-15-13/h2-5,10,13,15H,6-8H2,1H3. The average molecular weight is 308 g/mol. The van der Waals surface area contributed by atoms with Crippen LogP contribution in [0, 0.1) is 0 Å². The van der Waals surface area contributed by atoms with Gasteiger partial charge < -0.3 is 10.2 Å². The Labute approximate surface area is 123 Å². The number of amides is 1. The lowest BCUT2D eigenvalue weighted by atomic mass is 10.1. The molecule has 1 N–H and O–H groups in total. The first kappa shape index (κ1) is 14.2. The number of hydrogen-bond donors (Lipinski definition) is 1. The van der Waals surface area contributed by atoms with E-state index in [0.717, 1.165) is 6.26 Å². The van der Waals surface area contributed by atoms with Crippen LogP contribution in [-0.2, 0) is 14.6 Å². The van der Waals surface area contributed by atoms with E-state index in [1.165, 1.54) is 17.0 Å². The van der Waals surface area contributed by atoms with Gasteiger partial charge in [-0.3, -0.25) is 9.59 Å². The molecule has 3 rings (SSSR count). The Hall–Kier alpha value is -1.73. The summed E-state index contributed by atoms with van der Waals surface area (Å²) in [5.41, 5.74) is 0.139. The Morgan fingerprint density at radius 3 is 2.76 bits per heavy atom. The second-order valence-corrected chi connectivity index (χ2v) is 7.44. The molecule has 0 saturated carbocycles. The van der Waals surface area contributed by atoms with Gasteiger partial charge in [0.1, 0.15) is 0 Å². The molecular weight excluding hydrogens is 292 g/mol. The second kappa shape index (κ2) is 4.92. The fourth-order valence-electron chi connectivity index (χ4n) is 3.08. The van der Waals surface area contributed by atoms with Crippen molar-refractivity contribution in [2.75, 3.05) is 19.3 Å². The maximum absolute atomic E-state index is 12.7. The topological polar surface area (TPSA) is 83.6 Å². The zero-order chi connectivity index (χ0) is 15.2. The van der Waals surface area contributed by atoms with Crippen molar-refractivity contribution in [3.8, 4) is 0 Å². The highest BCUT2D eigenvalue weighted by atomic mass is 32.2. The first-order valence-electron chi connectivity index (χ1n) is 6.76. The summed E-state index contributed by atoms with van der Waals surface area (Å²) in [5, 5.41) is 3.09. The van der Waals surface area contributed by atoms with Crippen molar-refractivity contribution >= 4 is 21.5 Å². The normalized spacial score (nSPS) is 25.2. The zero-order valence-electron chi connectivity index (χ0n) is 11.6. The van der Waals surface area contributed by atoms with Crippen LogP contribution in [0.5, 0.6) is 0 Å². The molecule has 0 spiro atoms. The summed E-state index contributed by atoms with van der Waals surface area (Å²) < 4.78 is 23.6. The second-order valence-electron chi connectivity index (χ2n) is 5.46. The Kier molecular flexibility index (Phi) is 3.33. The van der Waals surface area contributed by atoms with Gasteiger partial charge in [0, 0.05) is 6.26 Å². The van der Waals surface area contributed by atoms with E-state index in [1.54, 1.807) is 12.1 Å². The van der Waals surface area contributed by atoms with Gasteiger partial charge >= 0.3 is 0 Å². The van der Waals surface area contributed by atoms with Gasteiger partial charge in [-0.2, -0.15) is 0 Å². The summed E-state index contributed by atoms with van der Waals surface area (Å²) in [7, 11) is -3.49. The molecule has 2 saturated heterocycles. The van der Waals surface area contributed by atoms with Gasteiger partial charge in [-0.1, -0.05) is 12.1 Å². The van der Waals surface area contributed by atoms with Crippen LogP contribution >= 0.6 is 0 Å². The first-order valence-corrected chi connectivity index (χ1v) is 8.65. The quantitative estimate of drug-likeness (QED) is 0.821. The third-order valence-electron chi connectivity index (χ3n) is 4.04. The van der Waals surface area contributed by atoms with Crippen LogP contribution in [0.3, 0.4) is 0 Å². The van der Waals surface area contributed by atoms with Crippen molar-refractivity contribution < 1.29 is 18.0 Å². The summed E-state index contributed by atoms with van der Waals surface area (Å²) in [4.78, 5) is 26.1. The molecule has 2 aliphatic heterocycles. The predicted molar refractivity (Wildman–Crippen MR) is 75.8 cm³/mol. The van der Waals surface area contributed by atoms with Gasteiger partial charge in [0.05, 0.1) is 29.1 Å². The zero-order valence-corrected chi connectivity index (χ0v) is 12.4. The van der Waals surface area contributed by atoms with Gasteiger partial charge in [0.25, 0.3) is 5.91 Å². The molecule has 0 aromatic heterocycles. The molecule has 2 aliphatic rings. The summed E-state index contributed by atoms with van der Waals surface area (Å²) in [6.45, 7) is 0.734. The third-order valence-corrected chi connectivity index (χ3v) is 5.20. The van der Waals surface area contributed by atoms with Gasteiger partial charge in [0.15, 0.2) is 15.6 Å². The van der Waals surface area contributed by atoms with Gasteiger partial charge in [-0.05, 0) is 25.1 Å². The molecule has 1 aromatic carbocycles. The Bertz CT molecular complexity index is 713. The van der Waals surface area contributed by atoms with Crippen LogP contribution in [0.2, 0.25) is 0 Å². The number of ketones is 1. The molecule has 2 fully saturated rings. The molecule has 0 radical (unpaired) electrons. The molecule has 2 atom stereocenters. The highest BCUT2D eigenvalue weighted by molar-refractivity contribution is 7.90. The van der Waals surface area contributed by atoms with Crippen molar-refractivity contribution in [1.29, 1.82) is 0 Å². The number of likely N-dealkylation sites (tertiary alicyclic amines) is 1. The van der Waals surface area contributed by atoms with Crippen molar-refractivity contribution in [1.82, 2.24) is 10.2 Å². The highest BCUT2D eigenvalue weighted by Gasteiger charge is 2.46. The number of fused-ring (bicyclic) bond motifs is 1. The smallest absolute Gasteiger partial charge is 0.255 e. The Morgan fingerprint density at radius 2 is 2.05 bits per heavy atom. The maximum Gasteiger partial charge on any atom is 0.255 e. The van der Waals surface area contributed by atoms with Crippen molar-refractivity contribution in [3.63, 3.8) is 0 Å². The van der Waals surface area contributed by atoms with E-state index in [4.69, 9.17) is 0 Å². The number of sulfone groups is 1. The molecule has 2 unspecified atom stereocenters. The number of rotatable bonds is 2. The fraction of sp³-hybridized carbons (Fsp3) is 0.429. The van der Waals surface area contributed by atoms with Crippen molar-refractivity contribution in [2.45, 2.75) is 23.4 Å². The van der Waals surface area contributed by atoms with E-state index in [2.05, 4.69) is 5.32 Å². The lowest BCUT2D eigenvalue weighted by molar-refractivity contribution is -0.118.